The Morgan fingerprint density at radius 2 is 2.22 bits per heavy atom. The summed E-state index contributed by atoms with van der Waals surface area (Å²) in [5.41, 5.74) is 2.55. The van der Waals surface area contributed by atoms with Gasteiger partial charge in [-0.1, -0.05) is 28.1 Å². The van der Waals surface area contributed by atoms with Crippen LogP contribution in [0.15, 0.2) is 29.0 Å². The third kappa shape index (κ3) is 2.62. The molecule has 0 aliphatic heterocycles. The van der Waals surface area contributed by atoms with Gasteiger partial charge in [-0.3, -0.25) is 4.68 Å². The van der Waals surface area contributed by atoms with E-state index in [2.05, 4.69) is 56.5 Å². The molecule has 0 fully saturated rings. The summed E-state index contributed by atoms with van der Waals surface area (Å²) >= 11 is 3.57. The fourth-order valence-corrected chi connectivity index (χ4v) is 2.44. The molecule has 4 nitrogen and oxygen atoms in total. The Hall–Kier alpha value is -1.20. The van der Waals surface area contributed by atoms with Crippen LogP contribution in [0.1, 0.15) is 23.0 Å². The Morgan fingerprint density at radius 3 is 2.83 bits per heavy atom. The number of aryl methyl sites for hydroxylation is 1. The molecule has 1 unspecified atom stereocenters. The molecule has 1 aromatic heterocycles. The SMILES string of the molecule is CNC(Cc1ncnn1C)c1cccc(Br)c1C. The number of hydrogen-bond acceptors (Lipinski definition) is 3. The van der Waals surface area contributed by atoms with Gasteiger partial charge in [-0.05, 0) is 31.2 Å². The Balaban J connectivity index is 2.29. The van der Waals surface area contributed by atoms with Crippen molar-refractivity contribution in [2.75, 3.05) is 7.05 Å². The summed E-state index contributed by atoms with van der Waals surface area (Å²) in [6.45, 7) is 2.13. The summed E-state index contributed by atoms with van der Waals surface area (Å²) in [5, 5.41) is 7.46. The van der Waals surface area contributed by atoms with E-state index in [0.29, 0.717) is 0 Å². The van der Waals surface area contributed by atoms with Crippen molar-refractivity contribution in [1.82, 2.24) is 20.1 Å². The Kier molecular flexibility index (Phi) is 4.14. The zero-order valence-corrected chi connectivity index (χ0v) is 12.4. The van der Waals surface area contributed by atoms with Crippen molar-refractivity contribution < 1.29 is 0 Å². The van der Waals surface area contributed by atoms with Crippen LogP contribution in [-0.2, 0) is 13.5 Å². The monoisotopic (exact) mass is 308 g/mol. The molecule has 0 radical (unpaired) electrons. The van der Waals surface area contributed by atoms with E-state index in [1.807, 2.05) is 18.8 Å². The van der Waals surface area contributed by atoms with Crippen LogP contribution >= 0.6 is 15.9 Å². The lowest BCUT2D eigenvalue weighted by molar-refractivity contribution is 0.551. The lowest BCUT2D eigenvalue weighted by Gasteiger charge is -2.19. The van der Waals surface area contributed by atoms with Crippen LogP contribution in [0.2, 0.25) is 0 Å². The fraction of sp³-hybridized carbons (Fsp3) is 0.385. The van der Waals surface area contributed by atoms with Crippen molar-refractivity contribution in [3.63, 3.8) is 0 Å². The highest BCUT2D eigenvalue weighted by Crippen LogP contribution is 2.26. The van der Waals surface area contributed by atoms with Crippen LogP contribution in [-0.4, -0.2) is 21.8 Å². The number of benzene rings is 1. The van der Waals surface area contributed by atoms with E-state index in [-0.39, 0.29) is 6.04 Å². The van der Waals surface area contributed by atoms with Gasteiger partial charge in [0.2, 0.25) is 0 Å². The fourth-order valence-electron chi connectivity index (χ4n) is 2.06. The van der Waals surface area contributed by atoms with Gasteiger partial charge in [0.05, 0.1) is 0 Å². The minimum Gasteiger partial charge on any atom is -0.313 e. The molecule has 0 saturated carbocycles. The van der Waals surface area contributed by atoms with E-state index in [1.54, 1.807) is 6.33 Å². The lowest BCUT2D eigenvalue weighted by Crippen LogP contribution is -2.21. The van der Waals surface area contributed by atoms with Gasteiger partial charge in [0.1, 0.15) is 12.2 Å². The minimum absolute atomic E-state index is 0.241. The quantitative estimate of drug-likeness (QED) is 0.943. The Morgan fingerprint density at radius 1 is 1.44 bits per heavy atom. The lowest BCUT2D eigenvalue weighted by atomic mass is 9.98. The highest BCUT2D eigenvalue weighted by atomic mass is 79.9. The van der Waals surface area contributed by atoms with Crippen LogP contribution in [0.25, 0.3) is 0 Å². The second kappa shape index (κ2) is 5.63. The van der Waals surface area contributed by atoms with E-state index >= 15 is 0 Å². The number of halogens is 1. The van der Waals surface area contributed by atoms with Gasteiger partial charge in [0, 0.05) is 24.0 Å². The molecule has 2 rings (SSSR count). The normalized spacial score (nSPS) is 12.7. The number of aromatic nitrogens is 3. The number of likely N-dealkylation sites (N-methyl/N-ethyl adjacent to an activating group) is 1. The number of nitrogens with one attached hydrogen (secondary N) is 1. The molecule has 96 valence electrons. The van der Waals surface area contributed by atoms with Gasteiger partial charge < -0.3 is 5.32 Å². The molecule has 0 spiro atoms. The van der Waals surface area contributed by atoms with E-state index < -0.39 is 0 Å². The van der Waals surface area contributed by atoms with Crippen molar-refractivity contribution in [3.8, 4) is 0 Å². The van der Waals surface area contributed by atoms with Gasteiger partial charge in [0.15, 0.2) is 0 Å². The first-order valence-electron chi connectivity index (χ1n) is 5.88. The Labute approximate surface area is 116 Å². The van der Waals surface area contributed by atoms with E-state index in [0.717, 1.165) is 16.7 Å². The summed E-state index contributed by atoms with van der Waals surface area (Å²) in [5.74, 6) is 0.980. The van der Waals surface area contributed by atoms with Gasteiger partial charge in [-0.25, -0.2) is 4.98 Å². The average molecular weight is 309 g/mol. The van der Waals surface area contributed by atoms with E-state index in [4.69, 9.17) is 0 Å². The van der Waals surface area contributed by atoms with Crippen molar-refractivity contribution in [2.45, 2.75) is 19.4 Å². The minimum atomic E-state index is 0.241. The second-order valence-electron chi connectivity index (χ2n) is 4.30. The first kappa shape index (κ1) is 13.2. The Bertz CT molecular complexity index is 536. The van der Waals surface area contributed by atoms with E-state index in [1.165, 1.54) is 11.1 Å². The summed E-state index contributed by atoms with van der Waals surface area (Å²) in [4.78, 5) is 4.28. The molecule has 18 heavy (non-hydrogen) atoms. The molecule has 1 N–H and O–H groups in total. The van der Waals surface area contributed by atoms with Crippen molar-refractivity contribution >= 4 is 15.9 Å². The molecule has 5 heteroatoms. The first-order valence-corrected chi connectivity index (χ1v) is 6.68. The standard InChI is InChI=1S/C13H17BrN4/c1-9-10(5-4-6-11(9)14)12(15-2)7-13-16-8-17-18(13)3/h4-6,8,12,15H,7H2,1-3H3. The predicted molar refractivity (Wildman–Crippen MR) is 75.4 cm³/mol. The molecule has 0 aliphatic rings. The van der Waals surface area contributed by atoms with Crippen LogP contribution in [0.4, 0.5) is 0 Å². The highest BCUT2D eigenvalue weighted by molar-refractivity contribution is 9.10. The number of rotatable bonds is 4. The topological polar surface area (TPSA) is 42.7 Å². The molecule has 1 atom stereocenters. The van der Waals surface area contributed by atoms with Crippen LogP contribution < -0.4 is 5.32 Å². The zero-order valence-electron chi connectivity index (χ0n) is 10.8. The largest absolute Gasteiger partial charge is 0.313 e. The van der Waals surface area contributed by atoms with Crippen LogP contribution in [0.5, 0.6) is 0 Å². The summed E-state index contributed by atoms with van der Waals surface area (Å²) in [7, 11) is 3.89. The zero-order chi connectivity index (χ0) is 13.1. The predicted octanol–water partition coefficient (Wildman–Crippen LogP) is 2.39. The van der Waals surface area contributed by atoms with Gasteiger partial charge in [0.25, 0.3) is 0 Å². The van der Waals surface area contributed by atoms with Gasteiger partial charge in [-0.2, -0.15) is 5.10 Å². The molecule has 2 aromatic rings. The van der Waals surface area contributed by atoms with E-state index in [9.17, 15) is 0 Å². The smallest absolute Gasteiger partial charge is 0.138 e. The summed E-state index contributed by atoms with van der Waals surface area (Å²) < 4.78 is 2.95. The maximum Gasteiger partial charge on any atom is 0.138 e. The highest BCUT2D eigenvalue weighted by Gasteiger charge is 2.16. The second-order valence-corrected chi connectivity index (χ2v) is 5.15. The van der Waals surface area contributed by atoms with Crippen LogP contribution in [0, 0.1) is 6.92 Å². The molecule has 0 bridgehead atoms. The molecular weight excluding hydrogens is 292 g/mol. The molecule has 1 heterocycles. The number of hydrogen-bond donors (Lipinski definition) is 1. The van der Waals surface area contributed by atoms with Crippen LogP contribution in [0.3, 0.4) is 0 Å². The number of nitrogens with zero attached hydrogens (tertiary/aromatic N) is 3. The molecule has 0 amide bonds. The molecule has 0 saturated heterocycles. The molecule has 0 aliphatic carbocycles. The van der Waals surface area contributed by atoms with Crippen molar-refractivity contribution in [2.24, 2.45) is 7.05 Å². The maximum atomic E-state index is 4.28. The first-order chi connectivity index (χ1) is 8.63. The van der Waals surface area contributed by atoms with Crippen molar-refractivity contribution in [3.05, 3.63) is 46.0 Å². The van der Waals surface area contributed by atoms with Gasteiger partial charge >= 0.3 is 0 Å². The maximum absolute atomic E-state index is 4.28. The molecular formula is C13H17BrN4. The third-order valence-corrected chi connectivity index (χ3v) is 4.08. The third-order valence-electron chi connectivity index (χ3n) is 3.23. The van der Waals surface area contributed by atoms with Crippen molar-refractivity contribution in [1.29, 1.82) is 0 Å². The molecule has 1 aromatic carbocycles. The average Bonchev–Trinajstić information content (AvgIpc) is 2.76. The summed E-state index contributed by atoms with van der Waals surface area (Å²) in [6, 6.07) is 6.52. The van der Waals surface area contributed by atoms with Gasteiger partial charge in [-0.15, -0.1) is 0 Å². The summed E-state index contributed by atoms with van der Waals surface area (Å²) in [6.07, 6.45) is 2.42.